The van der Waals surface area contributed by atoms with Crippen LogP contribution in [0.1, 0.15) is 110 Å². The average Bonchev–Trinajstić information content (AvgIpc) is 3.05. The molecule has 1 rings (SSSR count). The topological polar surface area (TPSA) is 41.1 Å². The average molecular weight is 355 g/mol. The summed E-state index contributed by atoms with van der Waals surface area (Å²) in [7, 11) is 0. The second kappa shape index (κ2) is 14.7. The molecule has 0 bridgehead atoms. The highest BCUT2D eigenvalue weighted by atomic mass is 32.1. The SMILES string of the molecule is CCCCCCCCCCCCCC(=O)NC(=S)NC1CCCC1. The molecule has 1 fully saturated rings. The van der Waals surface area contributed by atoms with Gasteiger partial charge in [0.2, 0.25) is 5.91 Å². The van der Waals surface area contributed by atoms with Crippen LogP contribution in [-0.4, -0.2) is 17.1 Å². The molecule has 3 nitrogen and oxygen atoms in total. The summed E-state index contributed by atoms with van der Waals surface area (Å²) >= 11 is 5.21. The molecule has 1 aliphatic rings. The molecule has 0 saturated heterocycles. The van der Waals surface area contributed by atoms with Gasteiger partial charge in [0.1, 0.15) is 0 Å². The first-order chi connectivity index (χ1) is 11.7. The van der Waals surface area contributed by atoms with Gasteiger partial charge in [-0.2, -0.15) is 0 Å². The maximum absolute atomic E-state index is 11.8. The minimum absolute atomic E-state index is 0.0708. The molecular weight excluding hydrogens is 316 g/mol. The molecule has 4 heteroatoms. The fourth-order valence-corrected chi connectivity index (χ4v) is 3.71. The van der Waals surface area contributed by atoms with Gasteiger partial charge >= 0.3 is 0 Å². The molecular formula is C20H38N2OS. The van der Waals surface area contributed by atoms with Crippen molar-refractivity contribution in [3.63, 3.8) is 0 Å². The number of carbonyl (C=O) groups is 1. The van der Waals surface area contributed by atoms with Crippen LogP contribution < -0.4 is 10.6 Å². The molecule has 0 aliphatic heterocycles. The van der Waals surface area contributed by atoms with Gasteiger partial charge in [-0.05, 0) is 31.5 Å². The molecule has 0 spiro atoms. The first-order valence-electron chi connectivity index (χ1n) is 10.3. The normalized spacial score (nSPS) is 14.7. The van der Waals surface area contributed by atoms with Gasteiger partial charge in [-0.3, -0.25) is 4.79 Å². The Labute approximate surface area is 154 Å². The lowest BCUT2D eigenvalue weighted by Crippen LogP contribution is -2.43. The van der Waals surface area contributed by atoms with E-state index in [4.69, 9.17) is 12.2 Å². The smallest absolute Gasteiger partial charge is 0.226 e. The van der Waals surface area contributed by atoms with Crippen LogP contribution in [0.15, 0.2) is 0 Å². The molecule has 0 atom stereocenters. The maximum Gasteiger partial charge on any atom is 0.226 e. The Morgan fingerprint density at radius 1 is 0.875 bits per heavy atom. The van der Waals surface area contributed by atoms with E-state index in [9.17, 15) is 4.79 Å². The van der Waals surface area contributed by atoms with E-state index in [-0.39, 0.29) is 5.91 Å². The predicted molar refractivity (Wildman–Crippen MR) is 107 cm³/mol. The van der Waals surface area contributed by atoms with Gasteiger partial charge in [0.15, 0.2) is 5.11 Å². The minimum Gasteiger partial charge on any atom is -0.360 e. The summed E-state index contributed by atoms with van der Waals surface area (Å²) in [5, 5.41) is 6.60. The largest absolute Gasteiger partial charge is 0.360 e. The molecule has 0 radical (unpaired) electrons. The van der Waals surface area contributed by atoms with Gasteiger partial charge in [-0.1, -0.05) is 84.0 Å². The Hall–Kier alpha value is -0.640. The lowest BCUT2D eigenvalue weighted by Gasteiger charge is -2.14. The highest BCUT2D eigenvalue weighted by Crippen LogP contribution is 2.17. The van der Waals surface area contributed by atoms with Gasteiger partial charge < -0.3 is 10.6 Å². The van der Waals surface area contributed by atoms with E-state index in [1.54, 1.807) is 0 Å². The fourth-order valence-electron chi connectivity index (χ4n) is 3.43. The van der Waals surface area contributed by atoms with Crippen LogP contribution in [0.2, 0.25) is 0 Å². The second-order valence-corrected chi connectivity index (χ2v) is 7.70. The molecule has 1 aliphatic carbocycles. The first kappa shape index (κ1) is 21.4. The molecule has 0 aromatic heterocycles. The van der Waals surface area contributed by atoms with Crippen molar-refractivity contribution in [3.8, 4) is 0 Å². The van der Waals surface area contributed by atoms with Crippen molar-refractivity contribution in [1.29, 1.82) is 0 Å². The Bertz CT molecular complexity index is 341. The molecule has 2 N–H and O–H groups in total. The summed E-state index contributed by atoms with van der Waals surface area (Å²) < 4.78 is 0. The van der Waals surface area contributed by atoms with Crippen molar-refractivity contribution in [3.05, 3.63) is 0 Å². The zero-order valence-electron chi connectivity index (χ0n) is 15.7. The third-order valence-electron chi connectivity index (χ3n) is 4.95. The second-order valence-electron chi connectivity index (χ2n) is 7.29. The number of carbonyl (C=O) groups excluding carboxylic acids is 1. The van der Waals surface area contributed by atoms with E-state index in [0.29, 0.717) is 17.6 Å². The highest BCUT2D eigenvalue weighted by Gasteiger charge is 2.16. The van der Waals surface area contributed by atoms with Gasteiger partial charge in [0, 0.05) is 12.5 Å². The van der Waals surface area contributed by atoms with Crippen LogP contribution in [0.25, 0.3) is 0 Å². The van der Waals surface area contributed by atoms with Crippen LogP contribution in [0.4, 0.5) is 0 Å². The number of amides is 1. The van der Waals surface area contributed by atoms with Crippen LogP contribution in [0.3, 0.4) is 0 Å². The van der Waals surface area contributed by atoms with E-state index in [1.807, 2.05) is 0 Å². The summed E-state index contributed by atoms with van der Waals surface area (Å²) in [6.45, 7) is 2.26. The maximum atomic E-state index is 11.8. The minimum atomic E-state index is 0.0708. The lowest BCUT2D eigenvalue weighted by molar-refractivity contribution is -0.119. The van der Waals surface area contributed by atoms with E-state index >= 15 is 0 Å². The molecule has 24 heavy (non-hydrogen) atoms. The number of unbranched alkanes of at least 4 members (excludes halogenated alkanes) is 10. The summed E-state index contributed by atoms with van der Waals surface area (Å²) in [6, 6.07) is 0.472. The molecule has 0 aromatic carbocycles. The molecule has 0 heterocycles. The Balaban J connectivity index is 1.84. The Morgan fingerprint density at radius 2 is 1.38 bits per heavy atom. The van der Waals surface area contributed by atoms with Crippen molar-refractivity contribution < 1.29 is 4.79 Å². The van der Waals surface area contributed by atoms with Crippen LogP contribution in [-0.2, 0) is 4.79 Å². The Morgan fingerprint density at radius 3 is 1.92 bits per heavy atom. The quantitative estimate of drug-likeness (QED) is 0.333. The zero-order chi connectivity index (χ0) is 17.5. The van der Waals surface area contributed by atoms with Gasteiger partial charge in [0.25, 0.3) is 0 Å². The number of rotatable bonds is 13. The number of hydrogen-bond donors (Lipinski definition) is 2. The van der Waals surface area contributed by atoms with E-state index < -0.39 is 0 Å². The standard InChI is InChI=1S/C20H38N2OS/c1-2-3-4-5-6-7-8-9-10-11-12-17-19(23)22-20(24)21-18-15-13-14-16-18/h18H,2-17H2,1H3,(H2,21,22,23,24). The summed E-state index contributed by atoms with van der Waals surface area (Å²) in [6.07, 6.45) is 19.9. The predicted octanol–water partition coefficient (Wildman–Crippen LogP) is 5.62. The van der Waals surface area contributed by atoms with E-state index in [0.717, 1.165) is 12.8 Å². The summed E-state index contributed by atoms with van der Waals surface area (Å²) in [4.78, 5) is 11.8. The summed E-state index contributed by atoms with van der Waals surface area (Å²) in [5.41, 5.74) is 0. The highest BCUT2D eigenvalue weighted by molar-refractivity contribution is 7.80. The van der Waals surface area contributed by atoms with Crippen molar-refractivity contribution in [1.82, 2.24) is 10.6 Å². The third kappa shape index (κ3) is 11.8. The van der Waals surface area contributed by atoms with E-state index in [2.05, 4.69) is 17.6 Å². The Kier molecular flexibility index (Phi) is 13.1. The number of thiocarbonyl (C=S) groups is 1. The lowest BCUT2D eigenvalue weighted by atomic mass is 10.1. The monoisotopic (exact) mass is 354 g/mol. The number of hydrogen-bond acceptors (Lipinski definition) is 2. The molecule has 1 amide bonds. The first-order valence-corrected chi connectivity index (χ1v) is 10.7. The van der Waals surface area contributed by atoms with Crippen LogP contribution in [0, 0.1) is 0 Å². The van der Waals surface area contributed by atoms with Crippen molar-refractivity contribution in [2.75, 3.05) is 0 Å². The zero-order valence-corrected chi connectivity index (χ0v) is 16.5. The fraction of sp³-hybridized carbons (Fsp3) is 0.900. The third-order valence-corrected chi connectivity index (χ3v) is 5.17. The van der Waals surface area contributed by atoms with Crippen molar-refractivity contribution in [2.45, 2.75) is 116 Å². The van der Waals surface area contributed by atoms with Crippen molar-refractivity contribution >= 4 is 23.2 Å². The molecule has 0 unspecified atom stereocenters. The van der Waals surface area contributed by atoms with Crippen molar-refractivity contribution in [2.24, 2.45) is 0 Å². The molecule has 1 saturated carbocycles. The van der Waals surface area contributed by atoms with Gasteiger partial charge in [-0.15, -0.1) is 0 Å². The van der Waals surface area contributed by atoms with Crippen LogP contribution >= 0.6 is 12.2 Å². The summed E-state index contributed by atoms with van der Waals surface area (Å²) in [5.74, 6) is 0.0708. The molecule has 0 aromatic rings. The van der Waals surface area contributed by atoms with Gasteiger partial charge in [0.05, 0.1) is 0 Å². The molecule has 140 valence electrons. The van der Waals surface area contributed by atoms with Gasteiger partial charge in [-0.25, -0.2) is 0 Å². The van der Waals surface area contributed by atoms with Crippen LogP contribution in [0.5, 0.6) is 0 Å². The van der Waals surface area contributed by atoms with E-state index in [1.165, 1.54) is 83.5 Å². The number of nitrogens with one attached hydrogen (secondary N) is 2.